The highest BCUT2D eigenvalue weighted by atomic mass is 16.5. The number of nitrogens with two attached hydrogens (primary N) is 1. The summed E-state index contributed by atoms with van der Waals surface area (Å²) >= 11 is 0. The van der Waals surface area contributed by atoms with Gasteiger partial charge in [-0.1, -0.05) is 13.8 Å². The summed E-state index contributed by atoms with van der Waals surface area (Å²) in [6.07, 6.45) is 2.50. The van der Waals surface area contributed by atoms with Crippen molar-refractivity contribution in [2.24, 2.45) is 17.1 Å². The molecule has 4 nitrogen and oxygen atoms in total. The van der Waals surface area contributed by atoms with Crippen LogP contribution in [-0.4, -0.2) is 68.8 Å². The molecule has 2 heterocycles. The van der Waals surface area contributed by atoms with Crippen LogP contribution in [0.3, 0.4) is 0 Å². The smallest absolute Gasteiger partial charge is 0.0594 e. The number of rotatable bonds is 5. The zero-order valence-corrected chi connectivity index (χ0v) is 12.7. The Labute approximate surface area is 118 Å². The molecule has 2 aliphatic rings. The molecular weight excluding hydrogens is 238 g/mol. The fraction of sp³-hybridized carbons (Fsp3) is 1.00. The Morgan fingerprint density at radius 1 is 1.11 bits per heavy atom. The summed E-state index contributed by atoms with van der Waals surface area (Å²) in [5.41, 5.74) is 6.16. The number of nitrogens with zero attached hydrogens (tertiary/aromatic N) is 2. The SMILES string of the molecule is CC1(C)CN(CCN2CCOCC2)CCC1CCN. The Hall–Kier alpha value is -0.160. The lowest BCUT2D eigenvalue weighted by atomic mass is 9.72. The van der Waals surface area contributed by atoms with Crippen LogP contribution in [0.5, 0.6) is 0 Å². The number of morpholine rings is 1. The minimum atomic E-state index is 0.419. The zero-order chi connectivity index (χ0) is 13.7. The van der Waals surface area contributed by atoms with Gasteiger partial charge in [-0.3, -0.25) is 4.90 Å². The van der Waals surface area contributed by atoms with Crippen molar-refractivity contribution in [1.82, 2.24) is 9.80 Å². The van der Waals surface area contributed by atoms with Crippen LogP contribution in [0.25, 0.3) is 0 Å². The Morgan fingerprint density at radius 2 is 1.79 bits per heavy atom. The van der Waals surface area contributed by atoms with Crippen molar-refractivity contribution >= 4 is 0 Å². The molecule has 2 saturated heterocycles. The zero-order valence-electron chi connectivity index (χ0n) is 12.7. The van der Waals surface area contributed by atoms with Crippen LogP contribution in [0.2, 0.25) is 0 Å². The van der Waals surface area contributed by atoms with E-state index in [2.05, 4.69) is 23.6 Å². The normalized spacial score (nSPS) is 29.5. The van der Waals surface area contributed by atoms with Gasteiger partial charge < -0.3 is 15.4 Å². The van der Waals surface area contributed by atoms with Crippen LogP contribution >= 0.6 is 0 Å². The van der Waals surface area contributed by atoms with Gasteiger partial charge in [0.1, 0.15) is 0 Å². The standard InChI is InChI=1S/C15H31N3O/c1-15(2)13-18(6-4-14(15)3-5-16)8-7-17-9-11-19-12-10-17/h14H,3-13,16H2,1-2H3. The molecule has 0 spiro atoms. The first kappa shape index (κ1) is 15.2. The highest BCUT2D eigenvalue weighted by Gasteiger charge is 2.34. The lowest BCUT2D eigenvalue weighted by Crippen LogP contribution is -2.49. The molecule has 2 rings (SSSR count). The van der Waals surface area contributed by atoms with Crippen molar-refractivity contribution in [1.29, 1.82) is 0 Å². The first-order valence-electron chi connectivity index (χ1n) is 7.84. The van der Waals surface area contributed by atoms with E-state index in [4.69, 9.17) is 10.5 Å². The van der Waals surface area contributed by atoms with Crippen LogP contribution in [0.15, 0.2) is 0 Å². The summed E-state index contributed by atoms with van der Waals surface area (Å²) in [6.45, 7) is 14.6. The number of likely N-dealkylation sites (tertiary alicyclic amines) is 1. The first-order chi connectivity index (χ1) is 9.12. The molecule has 0 radical (unpaired) electrons. The minimum absolute atomic E-state index is 0.419. The van der Waals surface area contributed by atoms with Gasteiger partial charge in [0.15, 0.2) is 0 Å². The number of hydrogen-bond donors (Lipinski definition) is 1. The molecule has 0 aromatic rings. The summed E-state index contributed by atoms with van der Waals surface area (Å²) < 4.78 is 5.40. The molecule has 0 bridgehead atoms. The molecule has 0 aromatic heterocycles. The van der Waals surface area contributed by atoms with Crippen LogP contribution in [0, 0.1) is 11.3 Å². The monoisotopic (exact) mass is 269 g/mol. The fourth-order valence-corrected chi connectivity index (χ4v) is 3.55. The minimum Gasteiger partial charge on any atom is -0.379 e. The quantitative estimate of drug-likeness (QED) is 0.809. The Balaban J connectivity index is 1.73. The topological polar surface area (TPSA) is 41.7 Å². The van der Waals surface area contributed by atoms with Gasteiger partial charge in [0.25, 0.3) is 0 Å². The van der Waals surface area contributed by atoms with E-state index in [0.29, 0.717) is 5.41 Å². The van der Waals surface area contributed by atoms with Crippen molar-refractivity contribution in [3.05, 3.63) is 0 Å². The molecule has 0 saturated carbocycles. The van der Waals surface area contributed by atoms with Crippen LogP contribution in [0.1, 0.15) is 26.7 Å². The van der Waals surface area contributed by atoms with Gasteiger partial charge in [0, 0.05) is 32.7 Å². The molecule has 0 aromatic carbocycles. The Morgan fingerprint density at radius 3 is 2.42 bits per heavy atom. The number of hydrogen-bond acceptors (Lipinski definition) is 4. The molecule has 0 amide bonds. The maximum atomic E-state index is 5.74. The highest BCUT2D eigenvalue weighted by Crippen LogP contribution is 2.36. The third-order valence-corrected chi connectivity index (χ3v) is 4.88. The molecule has 19 heavy (non-hydrogen) atoms. The predicted octanol–water partition coefficient (Wildman–Crippen LogP) is 1.02. The second kappa shape index (κ2) is 7.02. The second-order valence-electron chi connectivity index (χ2n) is 6.78. The fourth-order valence-electron chi connectivity index (χ4n) is 3.55. The summed E-state index contributed by atoms with van der Waals surface area (Å²) in [7, 11) is 0. The number of ether oxygens (including phenoxy) is 1. The molecule has 2 fully saturated rings. The van der Waals surface area contributed by atoms with Gasteiger partial charge in [-0.05, 0) is 37.3 Å². The van der Waals surface area contributed by atoms with Gasteiger partial charge in [-0.15, -0.1) is 0 Å². The van der Waals surface area contributed by atoms with E-state index in [9.17, 15) is 0 Å². The Kier molecular flexibility index (Phi) is 5.63. The van der Waals surface area contributed by atoms with Crippen LogP contribution in [0.4, 0.5) is 0 Å². The first-order valence-corrected chi connectivity index (χ1v) is 7.84. The third-order valence-electron chi connectivity index (χ3n) is 4.88. The van der Waals surface area contributed by atoms with E-state index in [1.54, 1.807) is 0 Å². The average molecular weight is 269 g/mol. The van der Waals surface area contributed by atoms with E-state index in [-0.39, 0.29) is 0 Å². The lowest BCUT2D eigenvalue weighted by molar-refractivity contribution is 0.0170. The van der Waals surface area contributed by atoms with E-state index in [1.807, 2.05) is 0 Å². The summed E-state index contributed by atoms with van der Waals surface area (Å²) in [5.74, 6) is 0.803. The van der Waals surface area contributed by atoms with Crippen molar-refractivity contribution in [2.75, 3.05) is 59.0 Å². The summed E-state index contributed by atoms with van der Waals surface area (Å²) in [6, 6.07) is 0. The lowest BCUT2D eigenvalue weighted by Gasteiger charge is -2.45. The third kappa shape index (κ3) is 4.42. The summed E-state index contributed by atoms with van der Waals surface area (Å²) in [4.78, 5) is 5.17. The maximum absolute atomic E-state index is 5.74. The van der Waals surface area contributed by atoms with E-state index < -0.39 is 0 Å². The largest absolute Gasteiger partial charge is 0.379 e. The van der Waals surface area contributed by atoms with Crippen molar-refractivity contribution in [2.45, 2.75) is 26.7 Å². The average Bonchev–Trinajstić information content (AvgIpc) is 2.40. The molecular formula is C15H31N3O. The van der Waals surface area contributed by atoms with Crippen molar-refractivity contribution < 1.29 is 4.74 Å². The molecule has 4 heteroatoms. The number of piperidine rings is 1. The summed E-state index contributed by atoms with van der Waals surface area (Å²) in [5, 5.41) is 0. The van der Waals surface area contributed by atoms with Gasteiger partial charge in [-0.2, -0.15) is 0 Å². The Bertz CT molecular complexity index is 264. The molecule has 2 N–H and O–H groups in total. The molecule has 2 aliphatic heterocycles. The van der Waals surface area contributed by atoms with Gasteiger partial charge in [0.2, 0.25) is 0 Å². The van der Waals surface area contributed by atoms with E-state index >= 15 is 0 Å². The maximum Gasteiger partial charge on any atom is 0.0594 e. The molecule has 1 unspecified atom stereocenters. The van der Waals surface area contributed by atoms with Gasteiger partial charge >= 0.3 is 0 Å². The van der Waals surface area contributed by atoms with Gasteiger partial charge in [-0.25, -0.2) is 0 Å². The van der Waals surface area contributed by atoms with E-state index in [1.165, 1.54) is 39.0 Å². The highest BCUT2D eigenvalue weighted by molar-refractivity contribution is 4.87. The van der Waals surface area contributed by atoms with Crippen LogP contribution in [-0.2, 0) is 4.74 Å². The van der Waals surface area contributed by atoms with Crippen LogP contribution < -0.4 is 5.73 Å². The molecule has 0 aliphatic carbocycles. The van der Waals surface area contributed by atoms with Crippen molar-refractivity contribution in [3.63, 3.8) is 0 Å². The molecule has 1 atom stereocenters. The van der Waals surface area contributed by atoms with Gasteiger partial charge in [0.05, 0.1) is 13.2 Å². The van der Waals surface area contributed by atoms with E-state index in [0.717, 1.165) is 38.8 Å². The second-order valence-corrected chi connectivity index (χ2v) is 6.78. The predicted molar refractivity (Wildman–Crippen MR) is 79.3 cm³/mol. The van der Waals surface area contributed by atoms with Crippen molar-refractivity contribution in [3.8, 4) is 0 Å². The molecule has 112 valence electrons.